The molecule has 1 aliphatic heterocycles. The van der Waals surface area contributed by atoms with E-state index < -0.39 is 0 Å². The Morgan fingerprint density at radius 2 is 1.70 bits per heavy atom. The van der Waals surface area contributed by atoms with Gasteiger partial charge in [0.15, 0.2) is 5.78 Å². The fourth-order valence-corrected chi connectivity index (χ4v) is 2.76. The van der Waals surface area contributed by atoms with Crippen LogP contribution in [0.4, 0.5) is 5.69 Å². The summed E-state index contributed by atoms with van der Waals surface area (Å²) in [6, 6.07) is 12.0. The molecule has 3 rings (SSSR count). The maximum Gasteiger partial charge on any atom is 0.189 e. The average molecular weight is 309 g/mol. The lowest BCUT2D eigenvalue weighted by molar-refractivity contribution is 0.104. The Kier molecular flexibility index (Phi) is 4.33. The number of aromatic hydroxyl groups is 2. The van der Waals surface area contributed by atoms with Gasteiger partial charge in [-0.2, -0.15) is 0 Å². The molecule has 2 N–H and O–H groups in total. The summed E-state index contributed by atoms with van der Waals surface area (Å²) in [5.41, 5.74) is 2.31. The van der Waals surface area contributed by atoms with Gasteiger partial charge < -0.3 is 15.1 Å². The summed E-state index contributed by atoms with van der Waals surface area (Å²) in [7, 11) is 0. The van der Waals surface area contributed by atoms with Crippen molar-refractivity contribution in [3.05, 3.63) is 59.7 Å². The minimum atomic E-state index is -0.300. The Labute approximate surface area is 135 Å². The highest BCUT2D eigenvalue weighted by molar-refractivity contribution is 6.08. The molecule has 118 valence electrons. The topological polar surface area (TPSA) is 60.8 Å². The SMILES string of the molecule is O=C(/C=C/c1ccc(N2CCCC2)cc1)c1ccc(O)cc1O. The standard InChI is InChI=1S/C19H19NO3/c21-16-8-9-17(19(23)13-16)18(22)10-5-14-3-6-15(7-4-14)20-11-1-2-12-20/h3-10,13,21,23H,1-2,11-12H2/b10-5+. The van der Waals surface area contributed by atoms with E-state index in [9.17, 15) is 15.0 Å². The van der Waals surface area contributed by atoms with Crippen molar-refractivity contribution >= 4 is 17.5 Å². The van der Waals surface area contributed by atoms with Crippen LogP contribution in [0.1, 0.15) is 28.8 Å². The largest absolute Gasteiger partial charge is 0.508 e. The molecule has 0 unspecified atom stereocenters. The van der Waals surface area contributed by atoms with Crippen molar-refractivity contribution in [1.82, 2.24) is 0 Å². The molecule has 0 atom stereocenters. The molecule has 0 radical (unpaired) electrons. The first-order chi connectivity index (χ1) is 11.1. The van der Waals surface area contributed by atoms with Gasteiger partial charge in [0, 0.05) is 24.8 Å². The molecule has 0 spiro atoms. The van der Waals surface area contributed by atoms with Crippen molar-refractivity contribution < 1.29 is 15.0 Å². The molecule has 23 heavy (non-hydrogen) atoms. The molecule has 1 saturated heterocycles. The van der Waals surface area contributed by atoms with Crippen LogP contribution in [0.5, 0.6) is 11.5 Å². The van der Waals surface area contributed by atoms with Crippen LogP contribution in [0.15, 0.2) is 48.5 Å². The van der Waals surface area contributed by atoms with Gasteiger partial charge >= 0.3 is 0 Å². The molecule has 1 heterocycles. The van der Waals surface area contributed by atoms with E-state index in [-0.39, 0.29) is 22.8 Å². The Bertz CT molecular complexity index is 729. The molecule has 0 amide bonds. The second-order valence-corrected chi connectivity index (χ2v) is 5.68. The zero-order valence-electron chi connectivity index (χ0n) is 12.8. The lowest BCUT2D eigenvalue weighted by Gasteiger charge is -2.17. The second kappa shape index (κ2) is 6.57. The van der Waals surface area contributed by atoms with Gasteiger partial charge in [0.25, 0.3) is 0 Å². The predicted molar refractivity (Wildman–Crippen MR) is 91.0 cm³/mol. The highest BCUT2D eigenvalue weighted by atomic mass is 16.3. The number of carbonyl (C=O) groups is 1. The number of ketones is 1. The van der Waals surface area contributed by atoms with E-state index in [0.29, 0.717) is 0 Å². The molecule has 2 aromatic rings. The highest BCUT2D eigenvalue weighted by Crippen LogP contribution is 2.24. The number of nitrogens with zero attached hydrogens (tertiary/aromatic N) is 1. The summed E-state index contributed by atoms with van der Waals surface area (Å²) < 4.78 is 0. The first kappa shape index (κ1) is 15.2. The van der Waals surface area contributed by atoms with E-state index in [0.717, 1.165) is 24.7 Å². The maximum atomic E-state index is 12.1. The third-order valence-corrected chi connectivity index (χ3v) is 4.04. The van der Waals surface area contributed by atoms with Crippen molar-refractivity contribution in [2.75, 3.05) is 18.0 Å². The van der Waals surface area contributed by atoms with Crippen LogP contribution in [-0.2, 0) is 0 Å². The second-order valence-electron chi connectivity index (χ2n) is 5.68. The van der Waals surface area contributed by atoms with E-state index in [1.54, 1.807) is 6.08 Å². The molecule has 0 saturated carbocycles. The summed E-state index contributed by atoms with van der Waals surface area (Å²) in [4.78, 5) is 14.4. The Morgan fingerprint density at radius 1 is 1.00 bits per heavy atom. The molecule has 4 heteroatoms. The summed E-state index contributed by atoms with van der Waals surface area (Å²) in [5.74, 6) is -0.587. The normalized spacial score (nSPS) is 14.5. The molecule has 0 aliphatic carbocycles. The number of allylic oxidation sites excluding steroid dienone is 1. The minimum Gasteiger partial charge on any atom is -0.508 e. The number of hydrogen-bond donors (Lipinski definition) is 2. The van der Waals surface area contributed by atoms with E-state index >= 15 is 0 Å². The van der Waals surface area contributed by atoms with Crippen LogP contribution >= 0.6 is 0 Å². The number of phenols is 2. The van der Waals surface area contributed by atoms with Gasteiger partial charge in [-0.25, -0.2) is 0 Å². The molecule has 0 aromatic heterocycles. The Hall–Kier alpha value is -2.75. The van der Waals surface area contributed by atoms with Crippen molar-refractivity contribution in [1.29, 1.82) is 0 Å². The molecular formula is C19H19NO3. The van der Waals surface area contributed by atoms with Crippen LogP contribution in [-0.4, -0.2) is 29.1 Å². The summed E-state index contributed by atoms with van der Waals surface area (Å²) in [5, 5.41) is 18.9. The first-order valence-corrected chi connectivity index (χ1v) is 7.73. The third-order valence-electron chi connectivity index (χ3n) is 4.04. The van der Waals surface area contributed by atoms with Crippen LogP contribution < -0.4 is 4.90 Å². The van der Waals surface area contributed by atoms with Crippen molar-refractivity contribution in [3.8, 4) is 11.5 Å². The lowest BCUT2D eigenvalue weighted by atomic mass is 10.1. The number of carbonyl (C=O) groups excluding carboxylic acids is 1. The summed E-state index contributed by atoms with van der Waals surface area (Å²) >= 11 is 0. The fraction of sp³-hybridized carbons (Fsp3) is 0.211. The van der Waals surface area contributed by atoms with E-state index in [2.05, 4.69) is 17.0 Å². The molecule has 4 nitrogen and oxygen atoms in total. The van der Waals surface area contributed by atoms with Gasteiger partial charge in [0.1, 0.15) is 11.5 Å². The van der Waals surface area contributed by atoms with E-state index in [1.807, 2.05) is 12.1 Å². The first-order valence-electron chi connectivity index (χ1n) is 7.73. The molecule has 1 fully saturated rings. The van der Waals surface area contributed by atoms with Crippen molar-refractivity contribution in [2.45, 2.75) is 12.8 Å². The van der Waals surface area contributed by atoms with E-state index in [4.69, 9.17) is 0 Å². The number of hydrogen-bond acceptors (Lipinski definition) is 4. The maximum absolute atomic E-state index is 12.1. The number of benzene rings is 2. The smallest absolute Gasteiger partial charge is 0.189 e. The lowest BCUT2D eigenvalue weighted by Crippen LogP contribution is -2.17. The van der Waals surface area contributed by atoms with Crippen molar-refractivity contribution in [2.24, 2.45) is 0 Å². The molecule has 1 aliphatic rings. The highest BCUT2D eigenvalue weighted by Gasteiger charge is 2.12. The average Bonchev–Trinajstić information content (AvgIpc) is 3.07. The third kappa shape index (κ3) is 3.54. The van der Waals surface area contributed by atoms with Gasteiger partial charge in [0.2, 0.25) is 0 Å². The summed E-state index contributed by atoms with van der Waals surface area (Å²) in [6.45, 7) is 2.21. The van der Waals surface area contributed by atoms with Crippen molar-refractivity contribution in [3.63, 3.8) is 0 Å². The number of anilines is 1. The minimum absolute atomic E-state index is 0.0690. The zero-order valence-corrected chi connectivity index (χ0v) is 12.8. The summed E-state index contributed by atoms with van der Waals surface area (Å²) in [6.07, 6.45) is 5.64. The fourth-order valence-electron chi connectivity index (χ4n) is 2.76. The Morgan fingerprint density at radius 3 is 2.35 bits per heavy atom. The van der Waals surface area contributed by atoms with Crippen LogP contribution in [0.2, 0.25) is 0 Å². The van der Waals surface area contributed by atoms with E-state index in [1.165, 1.54) is 36.7 Å². The molecule has 0 bridgehead atoms. The monoisotopic (exact) mass is 309 g/mol. The van der Waals surface area contributed by atoms with Crippen LogP contribution in [0, 0.1) is 0 Å². The number of rotatable bonds is 4. The van der Waals surface area contributed by atoms with Crippen LogP contribution in [0.25, 0.3) is 6.08 Å². The zero-order chi connectivity index (χ0) is 16.2. The van der Waals surface area contributed by atoms with Gasteiger partial charge in [-0.1, -0.05) is 18.2 Å². The van der Waals surface area contributed by atoms with Gasteiger partial charge in [-0.15, -0.1) is 0 Å². The predicted octanol–water partition coefficient (Wildman–Crippen LogP) is 3.59. The quantitative estimate of drug-likeness (QED) is 0.669. The molecule has 2 aromatic carbocycles. The number of phenolic OH excluding ortho intramolecular Hbond substituents is 2. The van der Waals surface area contributed by atoms with Gasteiger partial charge in [-0.3, -0.25) is 4.79 Å². The molecular weight excluding hydrogens is 290 g/mol. The van der Waals surface area contributed by atoms with Gasteiger partial charge in [0.05, 0.1) is 5.56 Å². The van der Waals surface area contributed by atoms with Crippen LogP contribution in [0.3, 0.4) is 0 Å². The van der Waals surface area contributed by atoms with Gasteiger partial charge in [-0.05, 0) is 48.7 Å². The Balaban J connectivity index is 1.70.